The summed E-state index contributed by atoms with van der Waals surface area (Å²) in [6.45, 7) is 7.03. The Labute approximate surface area is 57.7 Å². The van der Waals surface area contributed by atoms with Crippen LogP contribution in [0.4, 0.5) is 0 Å². The Kier molecular flexibility index (Phi) is 5.38. The summed E-state index contributed by atoms with van der Waals surface area (Å²) in [7, 11) is 0. The molecular weight excluding hydrogens is 112 g/mol. The summed E-state index contributed by atoms with van der Waals surface area (Å²) < 4.78 is 5.29. The Morgan fingerprint density at radius 1 is 1.33 bits per heavy atom. The molecule has 0 spiro atoms. The summed E-state index contributed by atoms with van der Waals surface area (Å²) in [6.07, 6.45) is 4.22. The Hall–Kier alpha value is -0.460. The normalized spacial score (nSPS) is 11.7. The van der Waals surface area contributed by atoms with Gasteiger partial charge in [-0.15, -0.1) is 0 Å². The van der Waals surface area contributed by atoms with Crippen LogP contribution in [0.2, 0.25) is 0 Å². The van der Waals surface area contributed by atoms with Gasteiger partial charge in [-0.1, -0.05) is 13.8 Å². The van der Waals surface area contributed by atoms with Crippen LogP contribution >= 0.6 is 0 Å². The molecule has 0 N–H and O–H groups in total. The van der Waals surface area contributed by atoms with E-state index in [1.165, 1.54) is 0 Å². The maximum absolute atomic E-state index is 5.29. The zero-order chi connectivity index (χ0) is 7.11. The van der Waals surface area contributed by atoms with Crippen molar-refractivity contribution in [3.63, 3.8) is 0 Å². The SMILES string of the molecule is CCC=C(CC)OCC. The number of rotatable bonds is 4. The largest absolute Gasteiger partial charge is 0.499 e. The van der Waals surface area contributed by atoms with Gasteiger partial charge in [0.1, 0.15) is 0 Å². The van der Waals surface area contributed by atoms with Crippen molar-refractivity contribution in [2.45, 2.75) is 33.6 Å². The van der Waals surface area contributed by atoms with Crippen molar-refractivity contribution in [3.8, 4) is 0 Å². The van der Waals surface area contributed by atoms with Gasteiger partial charge in [0, 0.05) is 6.42 Å². The maximum Gasteiger partial charge on any atom is 0.0916 e. The molecule has 0 rings (SSSR count). The molecule has 0 aliphatic carbocycles. The average molecular weight is 128 g/mol. The summed E-state index contributed by atoms with van der Waals surface area (Å²) in [6, 6.07) is 0. The third-order valence-electron chi connectivity index (χ3n) is 1.11. The molecular formula is C8H16O. The van der Waals surface area contributed by atoms with E-state index in [9.17, 15) is 0 Å². The summed E-state index contributed by atoms with van der Waals surface area (Å²) in [4.78, 5) is 0. The molecule has 0 atom stereocenters. The summed E-state index contributed by atoms with van der Waals surface area (Å²) in [5.74, 6) is 1.12. The van der Waals surface area contributed by atoms with E-state index in [4.69, 9.17) is 4.74 Å². The first-order valence-corrected chi connectivity index (χ1v) is 3.66. The second-order valence-corrected chi connectivity index (χ2v) is 1.87. The smallest absolute Gasteiger partial charge is 0.0916 e. The monoisotopic (exact) mass is 128 g/mol. The minimum atomic E-state index is 0.791. The van der Waals surface area contributed by atoms with Crippen LogP contribution in [0, 0.1) is 0 Å². The lowest BCUT2D eigenvalue weighted by molar-refractivity contribution is 0.220. The van der Waals surface area contributed by atoms with Gasteiger partial charge >= 0.3 is 0 Å². The molecule has 0 bridgehead atoms. The van der Waals surface area contributed by atoms with Crippen molar-refractivity contribution in [2.75, 3.05) is 6.61 Å². The van der Waals surface area contributed by atoms with Crippen molar-refractivity contribution >= 4 is 0 Å². The molecule has 0 aromatic carbocycles. The van der Waals surface area contributed by atoms with Gasteiger partial charge in [-0.05, 0) is 19.4 Å². The standard InChI is InChI=1S/C8H16O/c1-4-7-8(5-2)9-6-3/h7H,4-6H2,1-3H3. The molecule has 0 fully saturated rings. The Morgan fingerprint density at radius 3 is 2.33 bits per heavy atom. The van der Waals surface area contributed by atoms with E-state index in [1.807, 2.05) is 6.92 Å². The molecule has 54 valence electrons. The molecule has 0 aliphatic heterocycles. The van der Waals surface area contributed by atoms with Crippen molar-refractivity contribution < 1.29 is 4.74 Å². The molecule has 0 saturated carbocycles. The zero-order valence-electron chi connectivity index (χ0n) is 6.61. The van der Waals surface area contributed by atoms with Gasteiger partial charge in [-0.3, -0.25) is 0 Å². The van der Waals surface area contributed by atoms with E-state index >= 15 is 0 Å². The number of hydrogen-bond acceptors (Lipinski definition) is 1. The van der Waals surface area contributed by atoms with E-state index in [2.05, 4.69) is 19.9 Å². The predicted octanol–water partition coefficient (Wildman–Crippen LogP) is 2.73. The van der Waals surface area contributed by atoms with E-state index in [0.29, 0.717) is 0 Å². The number of allylic oxidation sites excluding steroid dienone is 2. The molecule has 1 heteroatoms. The highest BCUT2D eigenvalue weighted by atomic mass is 16.5. The van der Waals surface area contributed by atoms with Crippen molar-refractivity contribution in [1.82, 2.24) is 0 Å². The average Bonchev–Trinajstić information content (AvgIpc) is 1.88. The van der Waals surface area contributed by atoms with Crippen molar-refractivity contribution in [3.05, 3.63) is 11.8 Å². The van der Waals surface area contributed by atoms with Gasteiger partial charge in [-0.2, -0.15) is 0 Å². The first-order chi connectivity index (χ1) is 4.35. The van der Waals surface area contributed by atoms with Crippen LogP contribution in [-0.2, 0) is 4.74 Å². The fraction of sp³-hybridized carbons (Fsp3) is 0.750. The van der Waals surface area contributed by atoms with E-state index in [0.717, 1.165) is 25.2 Å². The zero-order valence-corrected chi connectivity index (χ0v) is 6.61. The van der Waals surface area contributed by atoms with Crippen LogP contribution < -0.4 is 0 Å². The lowest BCUT2D eigenvalue weighted by Crippen LogP contribution is -1.88. The molecule has 0 aromatic rings. The topological polar surface area (TPSA) is 9.23 Å². The number of ether oxygens (including phenoxy) is 1. The molecule has 0 heterocycles. The fourth-order valence-corrected chi connectivity index (χ4v) is 0.718. The second kappa shape index (κ2) is 5.67. The molecule has 0 aliphatic rings. The second-order valence-electron chi connectivity index (χ2n) is 1.87. The van der Waals surface area contributed by atoms with Crippen LogP contribution in [0.5, 0.6) is 0 Å². The molecule has 0 amide bonds. The van der Waals surface area contributed by atoms with Gasteiger partial charge in [0.25, 0.3) is 0 Å². The lowest BCUT2D eigenvalue weighted by Gasteiger charge is -2.03. The predicted molar refractivity (Wildman–Crippen MR) is 40.3 cm³/mol. The number of hydrogen-bond donors (Lipinski definition) is 0. The Bertz CT molecular complexity index is 84.6. The van der Waals surface area contributed by atoms with Gasteiger partial charge in [-0.25, -0.2) is 0 Å². The summed E-state index contributed by atoms with van der Waals surface area (Å²) in [5.41, 5.74) is 0. The van der Waals surface area contributed by atoms with Crippen LogP contribution in [0.15, 0.2) is 11.8 Å². The van der Waals surface area contributed by atoms with Crippen LogP contribution in [0.1, 0.15) is 33.6 Å². The summed E-state index contributed by atoms with van der Waals surface area (Å²) >= 11 is 0. The highest BCUT2D eigenvalue weighted by Gasteiger charge is 1.88. The summed E-state index contributed by atoms with van der Waals surface area (Å²) in [5, 5.41) is 0. The Balaban J connectivity index is 3.53. The molecule has 9 heavy (non-hydrogen) atoms. The molecule has 0 aromatic heterocycles. The molecule has 0 unspecified atom stereocenters. The third kappa shape index (κ3) is 4.07. The van der Waals surface area contributed by atoms with Crippen LogP contribution in [0.25, 0.3) is 0 Å². The van der Waals surface area contributed by atoms with E-state index < -0.39 is 0 Å². The first-order valence-electron chi connectivity index (χ1n) is 3.66. The van der Waals surface area contributed by atoms with Crippen molar-refractivity contribution in [1.29, 1.82) is 0 Å². The quantitative estimate of drug-likeness (QED) is 0.529. The van der Waals surface area contributed by atoms with Crippen LogP contribution in [-0.4, -0.2) is 6.61 Å². The molecule has 0 radical (unpaired) electrons. The molecule has 1 nitrogen and oxygen atoms in total. The van der Waals surface area contributed by atoms with Gasteiger partial charge < -0.3 is 4.74 Å². The molecule has 0 saturated heterocycles. The minimum absolute atomic E-state index is 0.791. The van der Waals surface area contributed by atoms with Gasteiger partial charge in [0.05, 0.1) is 12.4 Å². The van der Waals surface area contributed by atoms with Gasteiger partial charge in [0.2, 0.25) is 0 Å². The van der Waals surface area contributed by atoms with Crippen LogP contribution in [0.3, 0.4) is 0 Å². The van der Waals surface area contributed by atoms with E-state index in [-0.39, 0.29) is 0 Å². The lowest BCUT2D eigenvalue weighted by atomic mass is 10.3. The highest BCUT2D eigenvalue weighted by Crippen LogP contribution is 2.02. The third-order valence-corrected chi connectivity index (χ3v) is 1.11. The fourth-order valence-electron chi connectivity index (χ4n) is 0.718. The van der Waals surface area contributed by atoms with Gasteiger partial charge in [0.15, 0.2) is 0 Å². The maximum atomic E-state index is 5.29. The highest BCUT2D eigenvalue weighted by molar-refractivity contribution is 4.90. The first kappa shape index (κ1) is 8.54. The van der Waals surface area contributed by atoms with Crippen molar-refractivity contribution in [2.24, 2.45) is 0 Å². The van der Waals surface area contributed by atoms with E-state index in [1.54, 1.807) is 0 Å². The minimum Gasteiger partial charge on any atom is -0.499 e. The Morgan fingerprint density at radius 2 is 2.00 bits per heavy atom.